The normalized spacial score (nSPS) is 11.9. The standard InChI is InChI=1S/C14H24N2/c1-10(2)14(4,5)9-16-12-6-7-13(15)11(3)8-12/h6-8,10,16H,9,15H2,1-5H3. The molecule has 0 spiro atoms. The molecule has 0 fully saturated rings. The predicted molar refractivity (Wildman–Crippen MR) is 72.7 cm³/mol. The molecular weight excluding hydrogens is 196 g/mol. The summed E-state index contributed by atoms with van der Waals surface area (Å²) < 4.78 is 0. The number of hydrogen-bond donors (Lipinski definition) is 2. The van der Waals surface area contributed by atoms with Gasteiger partial charge in [0.25, 0.3) is 0 Å². The summed E-state index contributed by atoms with van der Waals surface area (Å²) in [6, 6.07) is 6.10. The van der Waals surface area contributed by atoms with Crippen LogP contribution >= 0.6 is 0 Å². The molecule has 0 unspecified atom stereocenters. The van der Waals surface area contributed by atoms with Gasteiger partial charge in [0, 0.05) is 17.9 Å². The third-order valence-electron chi connectivity index (χ3n) is 3.58. The molecule has 0 aromatic heterocycles. The number of aryl methyl sites for hydroxylation is 1. The second-order valence-electron chi connectivity index (χ2n) is 5.57. The molecule has 0 aliphatic heterocycles. The Labute approximate surface area is 99.2 Å². The van der Waals surface area contributed by atoms with Crippen molar-refractivity contribution >= 4 is 11.4 Å². The molecule has 0 saturated heterocycles. The summed E-state index contributed by atoms with van der Waals surface area (Å²) in [6.45, 7) is 12.1. The van der Waals surface area contributed by atoms with E-state index in [-0.39, 0.29) is 0 Å². The van der Waals surface area contributed by atoms with E-state index < -0.39 is 0 Å². The lowest BCUT2D eigenvalue weighted by Gasteiger charge is -2.30. The number of nitrogens with two attached hydrogens (primary N) is 1. The van der Waals surface area contributed by atoms with Crippen molar-refractivity contribution < 1.29 is 0 Å². The molecule has 0 saturated carbocycles. The lowest BCUT2D eigenvalue weighted by molar-refractivity contribution is 0.269. The number of hydrogen-bond acceptors (Lipinski definition) is 2. The van der Waals surface area contributed by atoms with E-state index in [1.54, 1.807) is 0 Å². The molecule has 1 aromatic rings. The van der Waals surface area contributed by atoms with Crippen LogP contribution in [-0.2, 0) is 0 Å². The summed E-state index contributed by atoms with van der Waals surface area (Å²) in [6.07, 6.45) is 0. The van der Waals surface area contributed by atoms with Gasteiger partial charge < -0.3 is 11.1 Å². The Morgan fingerprint density at radius 2 is 1.94 bits per heavy atom. The average Bonchev–Trinajstić information content (AvgIpc) is 2.20. The molecule has 3 N–H and O–H groups in total. The highest BCUT2D eigenvalue weighted by molar-refractivity contribution is 5.56. The van der Waals surface area contributed by atoms with Gasteiger partial charge in [0.1, 0.15) is 0 Å². The molecule has 90 valence electrons. The number of benzene rings is 1. The van der Waals surface area contributed by atoms with Crippen molar-refractivity contribution in [1.82, 2.24) is 0 Å². The second kappa shape index (κ2) is 4.77. The number of rotatable bonds is 4. The smallest absolute Gasteiger partial charge is 0.0345 e. The largest absolute Gasteiger partial charge is 0.399 e. The van der Waals surface area contributed by atoms with Gasteiger partial charge >= 0.3 is 0 Å². The van der Waals surface area contributed by atoms with Crippen LogP contribution in [-0.4, -0.2) is 6.54 Å². The maximum atomic E-state index is 5.79. The first-order valence-corrected chi connectivity index (χ1v) is 5.93. The zero-order valence-corrected chi connectivity index (χ0v) is 11.1. The van der Waals surface area contributed by atoms with Crippen LogP contribution in [0, 0.1) is 18.3 Å². The van der Waals surface area contributed by atoms with E-state index in [4.69, 9.17) is 5.73 Å². The van der Waals surface area contributed by atoms with Gasteiger partial charge in [-0.3, -0.25) is 0 Å². The van der Waals surface area contributed by atoms with Crippen molar-refractivity contribution in [3.05, 3.63) is 23.8 Å². The molecule has 2 heteroatoms. The molecule has 0 aliphatic carbocycles. The van der Waals surface area contributed by atoms with Crippen molar-refractivity contribution in [1.29, 1.82) is 0 Å². The van der Waals surface area contributed by atoms with Gasteiger partial charge in [0.2, 0.25) is 0 Å². The van der Waals surface area contributed by atoms with Crippen molar-refractivity contribution in [2.45, 2.75) is 34.6 Å². The zero-order valence-electron chi connectivity index (χ0n) is 11.1. The molecule has 0 bridgehead atoms. The molecule has 0 amide bonds. The number of anilines is 2. The molecule has 1 rings (SSSR count). The highest BCUT2D eigenvalue weighted by Crippen LogP contribution is 2.27. The van der Waals surface area contributed by atoms with Crippen molar-refractivity contribution in [3.8, 4) is 0 Å². The lowest BCUT2D eigenvalue weighted by Crippen LogP contribution is -2.28. The Morgan fingerprint density at radius 1 is 1.31 bits per heavy atom. The van der Waals surface area contributed by atoms with Crippen LogP contribution in [0.5, 0.6) is 0 Å². The first-order chi connectivity index (χ1) is 7.33. The van der Waals surface area contributed by atoms with Gasteiger partial charge in [-0.25, -0.2) is 0 Å². The highest BCUT2D eigenvalue weighted by atomic mass is 14.9. The summed E-state index contributed by atoms with van der Waals surface area (Å²) in [5.41, 5.74) is 9.23. The maximum absolute atomic E-state index is 5.79. The van der Waals surface area contributed by atoms with Crippen LogP contribution in [0.15, 0.2) is 18.2 Å². The van der Waals surface area contributed by atoms with Gasteiger partial charge in [0.05, 0.1) is 0 Å². The minimum Gasteiger partial charge on any atom is -0.399 e. The van der Waals surface area contributed by atoms with Crippen LogP contribution in [0.3, 0.4) is 0 Å². The van der Waals surface area contributed by atoms with E-state index in [9.17, 15) is 0 Å². The molecule has 1 aromatic carbocycles. The van der Waals surface area contributed by atoms with Gasteiger partial charge in [0.15, 0.2) is 0 Å². The van der Waals surface area contributed by atoms with E-state index >= 15 is 0 Å². The van der Waals surface area contributed by atoms with E-state index in [1.165, 1.54) is 0 Å². The van der Waals surface area contributed by atoms with Crippen molar-refractivity contribution in [2.24, 2.45) is 11.3 Å². The predicted octanol–water partition coefficient (Wildman–Crippen LogP) is 3.67. The van der Waals surface area contributed by atoms with E-state index in [0.29, 0.717) is 11.3 Å². The number of nitrogen functional groups attached to an aromatic ring is 1. The van der Waals surface area contributed by atoms with Crippen LogP contribution in [0.1, 0.15) is 33.3 Å². The fourth-order valence-corrected chi connectivity index (χ4v) is 1.32. The average molecular weight is 220 g/mol. The lowest BCUT2D eigenvalue weighted by atomic mass is 9.81. The molecule has 2 nitrogen and oxygen atoms in total. The van der Waals surface area contributed by atoms with Crippen molar-refractivity contribution in [2.75, 3.05) is 17.6 Å². The summed E-state index contributed by atoms with van der Waals surface area (Å²) in [5, 5.41) is 3.48. The Hall–Kier alpha value is -1.18. The summed E-state index contributed by atoms with van der Waals surface area (Å²) >= 11 is 0. The number of nitrogens with one attached hydrogen (secondary N) is 1. The molecule has 0 aliphatic rings. The minimum atomic E-state index is 0.301. The van der Waals surface area contributed by atoms with Gasteiger partial charge in [-0.05, 0) is 42.0 Å². The van der Waals surface area contributed by atoms with E-state index in [2.05, 4.69) is 39.1 Å². The Balaban J connectivity index is 2.65. The Morgan fingerprint density at radius 3 is 2.44 bits per heavy atom. The summed E-state index contributed by atoms with van der Waals surface area (Å²) in [4.78, 5) is 0. The molecule has 0 atom stereocenters. The molecular formula is C14H24N2. The molecule has 0 radical (unpaired) electrons. The van der Waals surface area contributed by atoms with Gasteiger partial charge in [-0.2, -0.15) is 0 Å². The second-order valence-corrected chi connectivity index (χ2v) is 5.57. The maximum Gasteiger partial charge on any atom is 0.0345 e. The Bertz CT molecular complexity index is 354. The fraction of sp³-hybridized carbons (Fsp3) is 0.571. The highest BCUT2D eigenvalue weighted by Gasteiger charge is 2.21. The third kappa shape index (κ3) is 3.16. The van der Waals surface area contributed by atoms with Crippen LogP contribution in [0.2, 0.25) is 0 Å². The first-order valence-electron chi connectivity index (χ1n) is 5.93. The quantitative estimate of drug-likeness (QED) is 0.760. The van der Waals surface area contributed by atoms with Gasteiger partial charge in [-0.15, -0.1) is 0 Å². The summed E-state index contributed by atoms with van der Waals surface area (Å²) in [7, 11) is 0. The third-order valence-corrected chi connectivity index (χ3v) is 3.58. The SMILES string of the molecule is Cc1cc(NCC(C)(C)C(C)C)ccc1N. The first kappa shape index (κ1) is 12.9. The minimum absolute atomic E-state index is 0.301. The van der Waals surface area contributed by atoms with Crippen LogP contribution in [0.25, 0.3) is 0 Å². The van der Waals surface area contributed by atoms with E-state index in [1.807, 2.05) is 19.1 Å². The van der Waals surface area contributed by atoms with Crippen LogP contribution < -0.4 is 11.1 Å². The van der Waals surface area contributed by atoms with E-state index in [0.717, 1.165) is 23.5 Å². The van der Waals surface area contributed by atoms with Crippen molar-refractivity contribution in [3.63, 3.8) is 0 Å². The molecule has 0 heterocycles. The van der Waals surface area contributed by atoms with Crippen LogP contribution in [0.4, 0.5) is 11.4 Å². The van der Waals surface area contributed by atoms with Gasteiger partial charge in [-0.1, -0.05) is 27.7 Å². The monoisotopic (exact) mass is 220 g/mol. The summed E-state index contributed by atoms with van der Waals surface area (Å²) in [5.74, 6) is 0.662. The zero-order chi connectivity index (χ0) is 12.3. The Kier molecular flexibility index (Phi) is 3.84. The molecule has 16 heavy (non-hydrogen) atoms. The topological polar surface area (TPSA) is 38.0 Å². The fourth-order valence-electron chi connectivity index (χ4n) is 1.32.